The molecule has 0 spiro atoms. The predicted octanol–water partition coefficient (Wildman–Crippen LogP) is 2.70. The van der Waals surface area contributed by atoms with Crippen molar-refractivity contribution in [2.24, 2.45) is 0 Å². The normalized spacial score (nSPS) is 9.96. The lowest BCUT2D eigenvalue weighted by Crippen LogP contribution is -2.32. The van der Waals surface area contributed by atoms with Gasteiger partial charge in [-0.05, 0) is 30.0 Å². The molecule has 0 aliphatic carbocycles. The molecule has 2 aromatic rings. The quantitative estimate of drug-likeness (QED) is 0.682. The van der Waals surface area contributed by atoms with E-state index < -0.39 is 0 Å². The van der Waals surface area contributed by atoms with Crippen LogP contribution in [0.2, 0.25) is 0 Å². The lowest BCUT2D eigenvalue weighted by atomic mass is 10.3. The van der Waals surface area contributed by atoms with Crippen molar-refractivity contribution in [2.75, 3.05) is 25.5 Å². The molecule has 3 N–H and O–H groups in total. The van der Waals surface area contributed by atoms with Crippen LogP contribution in [-0.2, 0) is 0 Å². The molecule has 0 bridgehead atoms. The van der Waals surface area contributed by atoms with E-state index >= 15 is 0 Å². The zero-order valence-electron chi connectivity index (χ0n) is 12.8. The Balaban J connectivity index is 1.62. The molecule has 2 rings (SSSR count). The van der Waals surface area contributed by atoms with E-state index in [0.29, 0.717) is 35.8 Å². The minimum absolute atomic E-state index is 0.0826. The predicted molar refractivity (Wildman–Crippen MR) is 91.3 cm³/mol. The van der Waals surface area contributed by atoms with E-state index in [0.717, 1.165) is 0 Å². The van der Waals surface area contributed by atoms with Crippen molar-refractivity contribution in [2.45, 2.75) is 6.42 Å². The van der Waals surface area contributed by atoms with Gasteiger partial charge in [-0.2, -0.15) is 0 Å². The Labute approximate surface area is 138 Å². The molecule has 1 heterocycles. The average molecular weight is 333 g/mol. The van der Waals surface area contributed by atoms with Crippen LogP contribution in [-0.4, -0.2) is 32.1 Å². The molecule has 1 aromatic heterocycles. The van der Waals surface area contributed by atoms with Crippen molar-refractivity contribution in [3.05, 3.63) is 46.7 Å². The zero-order valence-corrected chi connectivity index (χ0v) is 13.6. The summed E-state index contributed by atoms with van der Waals surface area (Å²) in [6, 6.07) is 10.4. The Morgan fingerprint density at radius 2 is 1.96 bits per heavy atom. The lowest BCUT2D eigenvalue weighted by Gasteiger charge is -2.09. The second-order valence-corrected chi connectivity index (χ2v) is 5.65. The number of hydrogen-bond donors (Lipinski definition) is 3. The number of carbonyl (C=O) groups excluding carboxylic acids is 2. The van der Waals surface area contributed by atoms with Gasteiger partial charge in [-0.25, -0.2) is 4.79 Å². The molecule has 0 fully saturated rings. The summed E-state index contributed by atoms with van der Waals surface area (Å²) in [5, 5.41) is 10.1. The average Bonchev–Trinajstić information content (AvgIpc) is 3.09. The molecule has 0 unspecified atom stereocenters. The lowest BCUT2D eigenvalue weighted by molar-refractivity contribution is 0.0957. The van der Waals surface area contributed by atoms with Crippen molar-refractivity contribution in [1.29, 1.82) is 0 Å². The number of carbonyl (C=O) groups is 2. The third kappa shape index (κ3) is 5.63. The van der Waals surface area contributed by atoms with Gasteiger partial charge in [-0.1, -0.05) is 12.1 Å². The Kier molecular flexibility index (Phi) is 6.43. The first-order valence-corrected chi connectivity index (χ1v) is 8.07. The molecule has 0 aliphatic heterocycles. The van der Waals surface area contributed by atoms with Gasteiger partial charge in [-0.15, -0.1) is 11.3 Å². The first-order chi connectivity index (χ1) is 11.2. The van der Waals surface area contributed by atoms with E-state index in [1.165, 1.54) is 11.3 Å². The number of nitrogens with one attached hydrogen (secondary N) is 3. The molecule has 0 saturated heterocycles. The van der Waals surface area contributed by atoms with E-state index in [4.69, 9.17) is 4.74 Å². The van der Waals surface area contributed by atoms with Gasteiger partial charge in [-0.3, -0.25) is 4.79 Å². The van der Waals surface area contributed by atoms with Crippen LogP contribution in [0, 0.1) is 0 Å². The highest BCUT2D eigenvalue weighted by Gasteiger charge is 2.05. The van der Waals surface area contributed by atoms with Crippen molar-refractivity contribution < 1.29 is 14.3 Å². The first kappa shape index (κ1) is 16.8. The molecular formula is C16H19N3O3S. The number of urea groups is 1. The number of rotatable bonds is 7. The van der Waals surface area contributed by atoms with Gasteiger partial charge < -0.3 is 20.7 Å². The number of amides is 3. The zero-order chi connectivity index (χ0) is 16.5. The van der Waals surface area contributed by atoms with Gasteiger partial charge in [0.1, 0.15) is 5.75 Å². The highest BCUT2D eigenvalue weighted by Crippen LogP contribution is 2.16. The van der Waals surface area contributed by atoms with Gasteiger partial charge >= 0.3 is 6.03 Å². The van der Waals surface area contributed by atoms with E-state index in [2.05, 4.69) is 16.0 Å². The summed E-state index contributed by atoms with van der Waals surface area (Å²) in [5.41, 5.74) is 0.660. The molecule has 122 valence electrons. The Morgan fingerprint density at radius 3 is 2.70 bits per heavy atom. The first-order valence-electron chi connectivity index (χ1n) is 7.19. The number of thiophene rings is 1. The fourth-order valence-corrected chi connectivity index (χ4v) is 2.50. The fraction of sp³-hybridized carbons (Fsp3) is 0.250. The van der Waals surface area contributed by atoms with Crippen LogP contribution in [0.25, 0.3) is 0 Å². The van der Waals surface area contributed by atoms with Crippen molar-refractivity contribution >= 4 is 29.0 Å². The van der Waals surface area contributed by atoms with Crippen LogP contribution in [0.1, 0.15) is 16.1 Å². The van der Waals surface area contributed by atoms with Gasteiger partial charge in [0.2, 0.25) is 0 Å². The standard InChI is InChI=1S/C16H19N3O3S/c1-22-13-6-2-5-12(11-13)19-16(21)18-9-4-8-17-15(20)14-7-3-10-23-14/h2-3,5-7,10-11H,4,8-9H2,1H3,(H,17,20)(H2,18,19,21). The monoisotopic (exact) mass is 333 g/mol. The summed E-state index contributed by atoms with van der Waals surface area (Å²) in [6.07, 6.45) is 0.655. The number of anilines is 1. The molecule has 6 nitrogen and oxygen atoms in total. The summed E-state index contributed by atoms with van der Waals surface area (Å²) in [6.45, 7) is 0.983. The van der Waals surface area contributed by atoms with Gasteiger partial charge in [0.15, 0.2) is 0 Å². The second kappa shape index (κ2) is 8.79. The summed E-state index contributed by atoms with van der Waals surface area (Å²) >= 11 is 1.40. The summed E-state index contributed by atoms with van der Waals surface area (Å²) in [5.74, 6) is 0.597. The van der Waals surface area contributed by atoms with Crippen LogP contribution < -0.4 is 20.7 Å². The highest BCUT2D eigenvalue weighted by molar-refractivity contribution is 7.12. The molecule has 3 amide bonds. The number of ether oxygens (including phenoxy) is 1. The maximum absolute atomic E-state index is 11.7. The Morgan fingerprint density at radius 1 is 1.13 bits per heavy atom. The van der Waals surface area contributed by atoms with Crippen molar-refractivity contribution in [3.63, 3.8) is 0 Å². The van der Waals surface area contributed by atoms with E-state index in [1.807, 2.05) is 11.4 Å². The van der Waals surface area contributed by atoms with E-state index in [-0.39, 0.29) is 11.9 Å². The molecule has 23 heavy (non-hydrogen) atoms. The molecule has 0 radical (unpaired) electrons. The van der Waals surface area contributed by atoms with Crippen molar-refractivity contribution in [1.82, 2.24) is 10.6 Å². The van der Waals surface area contributed by atoms with Gasteiger partial charge in [0, 0.05) is 24.8 Å². The fourth-order valence-electron chi connectivity index (χ4n) is 1.86. The second-order valence-electron chi connectivity index (χ2n) is 4.70. The smallest absolute Gasteiger partial charge is 0.319 e. The van der Waals surface area contributed by atoms with Crippen LogP contribution in [0.5, 0.6) is 5.75 Å². The topological polar surface area (TPSA) is 79.5 Å². The van der Waals surface area contributed by atoms with Gasteiger partial charge in [0.25, 0.3) is 5.91 Å². The van der Waals surface area contributed by atoms with Gasteiger partial charge in [0.05, 0.1) is 12.0 Å². The minimum Gasteiger partial charge on any atom is -0.497 e. The molecule has 1 aromatic carbocycles. The van der Waals surface area contributed by atoms with E-state index in [9.17, 15) is 9.59 Å². The summed E-state index contributed by atoms with van der Waals surface area (Å²) in [7, 11) is 1.57. The Hall–Kier alpha value is -2.54. The number of hydrogen-bond acceptors (Lipinski definition) is 4. The number of methoxy groups -OCH3 is 1. The summed E-state index contributed by atoms with van der Waals surface area (Å²) in [4.78, 5) is 24.1. The molecular weight excluding hydrogens is 314 g/mol. The minimum atomic E-state index is -0.289. The SMILES string of the molecule is COc1cccc(NC(=O)NCCCNC(=O)c2cccs2)c1. The van der Waals surface area contributed by atoms with Crippen LogP contribution in [0.15, 0.2) is 41.8 Å². The molecule has 0 aliphatic rings. The van der Waals surface area contributed by atoms with Crippen LogP contribution >= 0.6 is 11.3 Å². The van der Waals surface area contributed by atoms with Crippen molar-refractivity contribution in [3.8, 4) is 5.75 Å². The van der Waals surface area contributed by atoms with Crippen LogP contribution in [0.4, 0.5) is 10.5 Å². The third-order valence-corrected chi connectivity index (χ3v) is 3.87. The largest absolute Gasteiger partial charge is 0.497 e. The number of benzene rings is 1. The summed E-state index contributed by atoms with van der Waals surface area (Å²) < 4.78 is 5.09. The van der Waals surface area contributed by atoms with E-state index in [1.54, 1.807) is 37.4 Å². The third-order valence-electron chi connectivity index (χ3n) is 3.00. The molecule has 0 saturated carbocycles. The molecule has 7 heteroatoms. The highest BCUT2D eigenvalue weighted by atomic mass is 32.1. The molecule has 0 atom stereocenters. The maximum Gasteiger partial charge on any atom is 0.319 e. The maximum atomic E-state index is 11.7. The van der Waals surface area contributed by atoms with Crippen LogP contribution in [0.3, 0.4) is 0 Å². The Bertz CT molecular complexity index is 644.